The number of halogens is 1. The van der Waals surface area contributed by atoms with Gasteiger partial charge in [-0.05, 0) is 47.7 Å². The number of piperidine rings is 1. The summed E-state index contributed by atoms with van der Waals surface area (Å²) in [6.45, 7) is 2.00. The molecule has 0 aromatic heterocycles. The Morgan fingerprint density at radius 2 is 1.49 bits per heavy atom. The van der Waals surface area contributed by atoms with Gasteiger partial charge in [-0.2, -0.15) is 4.31 Å². The molecule has 8 heteroatoms. The highest BCUT2D eigenvalue weighted by Crippen LogP contribution is 2.24. The molecular formula is C27H29FN2O4S. The van der Waals surface area contributed by atoms with Crippen molar-refractivity contribution >= 4 is 15.9 Å². The van der Waals surface area contributed by atoms with Gasteiger partial charge in [-0.3, -0.25) is 4.79 Å². The molecule has 1 heterocycles. The lowest BCUT2D eigenvalue weighted by molar-refractivity contribution is 0.0950. The van der Waals surface area contributed by atoms with E-state index in [9.17, 15) is 17.6 Å². The summed E-state index contributed by atoms with van der Waals surface area (Å²) in [4.78, 5) is 12.2. The number of rotatable bonds is 9. The highest BCUT2D eigenvalue weighted by atomic mass is 32.2. The van der Waals surface area contributed by atoms with E-state index in [-0.39, 0.29) is 12.1 Å². The van der Waals surface area contributed by atoms with E-state index in [1.807, 2.05) is 54.6 Å². The highest BCUT2D eigenvalue weighted by Gasteiger charge is 2.29. The van der Waals surface area contributed by atoms with E-state index in [1.165, 1.54) is 10.4 Å². The fourth-order valence-electron chi connectivity index (χ4n) is 3.99. The minimum Gasteiger partial charge on any atom is -0.372 e. The number of sulfonamides is 1. The van der Waals surface area contributed by atoms with Crippen LogP contribution < -0.4 is 5.32 Å². The topological polar surface area (TPSA) is 75.7 Å². The van der Waals surface area contributed by atoms with Gasteiger partial charge in [-0.15, -0.1) is 0 Å². The average Bonchev–Trinajstić information content (AvgIpc) is 2.89. The van der Waals surface area contributed by atoms with E-state index in [0.717, 1.165) is 48.1 Å². The average molecular weight is 497 g/mol. The number of carbonyl (C=O) groups is 1. The van der Waals surface area contributed by atoms with Gasteiger partial charge in [0.1, 0.15) is 10.7 Å². The summed E-state index contributed by atoms with van der Waals surface area (Å²) in [7, 11) is -3.98. The number of benzene rings is 3. The molecule has 1 saturated heterocycles. The maximum atomic E-state index is 14.4. The Balaban J connectivity index is 1.33. The lowest BCUT2D eigenvalue weighted by Crippen LogP contribution is -2.36. The minimum absolute atomic E-state index is 0.105. The molecule has 0 bridgehead atoms. The van der Waals surface area contributed by atoms with Crippen molar-refractivity contribution in [2.24, 2.45) is 0 Å². The van der Waals surface area contributed by atoms with Crippen LogP contribution in [0.15, 0.2) is 77.7 Å². The summed E-state index contributed by atoms with van der Waals surface area (Å²) in [6, 6.07) is 21.1. The molecular weight excluding hydrogens is 467 g/mol. The van der Waals surface area contributed by atoms with Crippen molar-refractivity contribution in [1.29, 1.82) is 0 Å². The molecule has 35 heavy (non-hydrogen) atoms. The largest absolute Gasteiger partial charge is 0.372 e. The van der Waals surface area contributed by atoms with Crippen LogP contribution >= 0.6 is 0 Å². The Hall–Kier alpha value is -3.07. The number of hydrogen-bond acceptors (Lipinski definition) is 4. The first-order chi connectivity index (χ1) is 16.9. The SMILES string of the molecule is O=C(NCc1ccc(COCc2ccccc2)cc1)c1ccc(F)c(S(=O)(=O)N2CCCCC2)c1. The zero-order valence-corrected chi connectivity index (χ0v) is 20.3. The number of nitrogens with zero attached hydrogens (tertiary/aromatic N) is 1. The summed E-state index contributed by atoms with van der Waals surface area (Å²) in [5.74, 6) is -1.31. The molecule has 3 aromatic carbocycles. The summed E-state index contributed by atoms with van der Waals surface area (Å²) in [6.07, 6.45) is 2.45. The second-order valence-electron chi connectivity index (χ2n) is 8.59. The zero-order chi connectivity index (χ0) is 24.7. The molecule has 0 unspecified atom stereocenters. The van der Waals surface area contributed by atoms with Crippen molar-refractivity contribution in [1.82, 2.24) is 9.62 Å². The monoisotopic (exact) mass is 496 g/mol. The van der Waals surface area contributed by atoms with E-state index in [1.54, 1.807) is 0 Å². The van der Waals surface area contributed by atoms with Gasteiger partial charge in [0.25, 0.3) is 5.91 Å². The molecule has 1 aliphatic heterocycles. The Morgan fingerprint density at radius 1 is 0.857 bits per heavy atom. The standard InChI is InChI=1S/C27H29FN2O4S/c28-25-14-13-24(17-26(25)35(32,33)30-15-5-2-6-16-30)27(31)29-18-21-9-11-23(12-10-21)20-34-19-22-7-3-1-4-8-22/h1,3-4,7-14,17H,2,5-6,15-16,18-20H2,(H,29,31). The smallest absolute Gasteiger partial charge is 0.251 e. The van der Waals surface area contributed by atoms with Gasteiger partial charge in [-0.1, -0.05) is 61.0 Å². The van der Waals surface area contributed by atoms with Crippen molar-refractivity contribution in [2.75, 3.05) is 13.1 Å². The fourth-order valence-corrected chi connectivity index (χ4v) is 5.59. The van der Waals surface area contributed by atoms with Gasteiger partial charge in [0.2, 0.25) is 10.0 Å². The van der Waals surface area contributed by atoms with Crippen molar-refractivity contribution in [3.63, 3.8) is 0 Å². The van der Waals surface area contributed by atoms with E-state index in [2.05, 4.69) is 5.32 Å². The molecule has 4 rings (SSSR count). The number of hydrogen-bond donors (Lipinski definition) is 1. The van der Waals surface area contributed by atoms with Crippen LogP contribution in [-0.2, 0) is 34.5 Å². The van der Waals surface area contributed by atoms with E-state index < -0.39 is 26.6 Å². The molecule has 0 atom stereocenters. The van der Waals surface area contributed by atoms with Crippen LogP contribution in [0.5, 0.6) is 0 Å². The molecule has 0 aliphatic carbocycles. The molecule has 1 aliphatic rings. The lowest BCUT2D eigenvalue weighted by Gasteiger charge is -2.26. The molecule has 6 nitrogen and oxygen atoms in total. The van der Waals surface area contributed by atoms with Gasteiger partial charge in [0, 0.05) is 25.2 Å². The summed E-state index contributed by atoms with van der Waals surface area (Å²) >= 11 is 0. The first-order valence-corrected chi connectivity index (χ1v) is 13.1. The van der Waals surface area contributed by atoms with Crippen molar-refractivity contribution in [2.45, 2.75) is 43.9 Å². The summed E-state index contributed by atoms with van der Waals surface area (Å²) in [5.41, 5.74) is 3.11. The Labute approximate surface area is 205 Å². The van der Waals surface area contributed by atoms with Crippen LogP contribution in [0.2, 0.25) is 0 Å². The predicted octanol–water partition coefficient (Wildman–Crippen LogP) is 4.65. The molecule has 3 aromatic rings. The summed E-state index contributed by atoms with van der Waals surface area (Å²) < 4.78 is 47.2. The van der Waals surface area contributed by atoms with Gasteiger partial charge >= 0.3 is 0 Å². The number of nitrogens with one attached hydrogen (secondary N) is 1. The maximum Gasteiger partial charge on any atom is 0.251 e. The Bertz CT molecular complexity index is 1240. The minimum atomic E-state index is -3.98. The molecule has 0 saturated carbocycles. The number of amides is 1. The van der Waals surface area contributed by atoms with Gasteiger partial charge < -0.3 is 10.1 Å². The molecule has 0 spiro atoms. The van der Waals surface area contributed by atoms with E-state index in [4.69, 9.17) is 4.74 Å². The quantitative estimate of drug-likeness (QED) is 0.468. The second kappa shape index (κ2) is 11.6. The predicted molar refractivity (Wildman–Crippen MR) is 132 cm³/mol. The third-order valence-corrected chi connectivity index (χ3v) is 7.90. The second-order valence-corrected chi connectivity index (χ2v) is 10.5. The lowest BCUT2D eigenvalue weighted by atomic mass is 10.1. The zero-order valence-electron chi connectivity index (χ0n) is 19.5. The van der Waals surface area contributed by atoms with Crippen LogP contribution in [0, 0.1) is 5.82 Å². The van der Waals surface area contributed by atoms with Crippen LogP contribution in [0.1, 0.15) is 46.3 Å². The normalized spacial score (nSPS) is 14.5. The summed E-state index contributed by atoms with van der Waals surface area (Å²) in [5, 5.41) is 2.78. The molecule has 0 radical (unpaired) electrons. The van der Waals surface area contributed by atoms with Crippen LogP contribution in [-0.4, -0.2) is 31.7 Å². The van der Waals surface area contributed by atoms with Gasteiger partial charge in [0.05, 0.1) is 13.2 Å². The number of carbonyl (C=O) groups excluding carboxylic acids is 1. The van der Waals surface area contributed by atoms with E-state index in [0.29, 0.717) is 26.3 Å². The molecule has 184 valence electrons. The highest BCUT2D eigenvalue weighted by molar-refractivity contribution is 7.89. The third kappa shape index (κ3) is 6.54. The number of ether oxygens (including phenoxy) is 1. The van der Waals surface area contributed by atoms with Gasteiger partial charge in [-0.25, -0.2) is 12.8 Å². The molecule has 1 fully saturated rings. The van der Waals surface area contributed by atoms with Crippen LogP contribution in [0.3, 0.4) is 0 Å². The fraction of sp³-hybridized carbons (Fsp3) is 0.296. The van der Waals surface area contributed by atoms with Gasteiger partial charge in [0.15, 0.2) is 0 Å². The van der Waals surface area contributed by atoms with Crippen LogP contribution in [0.4, 0.5) is 4.39 Å². The maximum absolute atomic E-state index is 14.4. The van der Waals surface area contributed by atoms with Crippen molar-refractivity contribution in [3.05, 3.63) is 101 Å². The Morgan fingerprint density at radius 3 is 2.17 bits per heavy atom. The van der Waals surface area contributed by atoms with Crippen molar-refractivity contribution < 1.29 is 22.3 Å². The van der Waals surface area contributed by atoms with E-state index >= 15 is 0 Å². The third-order valence-electron chi connectivity index (χ3n) is 5.98. The molecule has 1 amide bonds. The van der Waals surface area contributed by atoms with Crippen molar-refractivity contribution in [3.8, 4) is 0 Å². The first-order valence-electron chi connectivity index (χ1n) is 11.7. The Kier molecular flexibility index (Phi) is 8.28. The molecule has 1 N–H and O–H groups in total. The van der Waals surface area contributed by atoms with Crippen LogP contribution in [0.25, 0.3) is 0 Å². The first kappa shape index (κ1) is 25.0.